The molecule has 0 spiro atoms. The third kappa shape index (κ3) is 4.80. The van der Waals surface area contributed by atoms with Gasteiger partial charge >= 0.3 is 0 Å². The Bertz CT molecular complexity index is 1250. The number of amides is 1. The Balaban J connectivity index is 1.68. The monoisotopic (exact) mass is 444 g/mol. The summed E-state index contributed by atoms with van der Waals surface area (Å²) in [6.07, 6.45) is 2.01. The minimum Gasteiger partial charge on any atom is -0.497 e. The minimum absolute atomic E-state index is 0.0970. The topological polar surface area (TPSA) is 72.6 Å². The highest BCUT2D eigenvalue weighted by molar-refractivity contribution is 5.94. The van der Waals surface area contributed by atoms with E-state index in [4.69, 9.17) is 14.2 Å². The van der Waals surface area contributed by atoms with E-state index in [1.165, 1.54) is 0 Å². The number of ether oxygens (including phenoxy) is 3. The van der Waals surface area contributed by atoms with Gasteiger partial charge in [-0.05, 0) is 54.4 Å². The fraction of sp³-hybridized carbons (Fsp3) is 0.222. The first-order chi connectivity index (χ1) is 16.1. The van der Waals surface area contributed by atoms with E-state index in [9.17, 15) is 4.79 Å². The molecule has 0 fully saturated rings. The molecule has 6 nitrogen and oxygen atoms in total. The fourth-order valence-electron chi connectivity index (χ4n) is 4.03. The summed E-state index contributed by atoms with van der Waals surface area (Å²) in [6.45, 7) is 2.91. The smallest absolute Gasteiger partial charge is 0.251 e. The molecule has 0 saturated heterocycles. The quantitative estimate of drug-likeness (QED) is 0.375. The zero-order valence-corrected chi connectivity index (χ0v) is 19.1. The fourth-order valence-corrected chi connectivity index (χ4v) is 4.03. The summed E-state index contributed by atoms with van der Waals surface area (Å²) in [5.41, 5.74) is 3.72. The molecule has 3 aromatic carbocycles. The highest BCUT2D eigenvalue weighted by atomic mass is 16.5. The van der Waals surface area contributed by atoms with Gasteiger partial charge < -0.3 is 24.5 Å². The molecular weight excluding hydrogens is 416 g/mol. The summed E-state index contributed by atoms with van der Waals surface area (Å²) in [6, 6.07) is 21.2. The van der Waals surface area contributed by atoms with Crippen LogP contribution in [0.1, 0.15) is 34.3 Å². The maximum Gasteiger partial charge on any atom is 0.251 e. The molecule has 1 heterocycles. The number of hydrogen-bond donors (Lipinski definition) is 2. The molecule has 1 atom stereocenters. The molecule has 1 amide bonds. The zero-order valence-electron chi connectivity index (χ0n) is 19.1. The van der Waals surface area contributed by atoms with Gasteiger partial charge in [-0.3, -0.25) is 4.79 Å². The van der Waals surface area contributed by atoms with Crippen molar-refractivity contribution in [2.75, 3.05) is 27.4 Å². The average molecular weight is 445 g/mol. The van der Waals surface area contributed by atoms with E-state index in [0.717, 1.165) is 22.0 Å². The number of carbonyl (C=O) groups excluding carboxylic acids is 1. The van der Waals surface area contributed by atoms with Gasteiger partial charge in [-0.15, -0.1) is 0 Å². The lowest BCUT2D eigenvalue weighted by atomic mass is 9.90. The molecule has 0 aliphatic carbocycles. The van der Waals surface area contributed by atoms with E-state index in [-0.39, 0.29) is 11.8 Å². The maximum atomic E-state index is 12.9. The molecule has 0 radical (unpaired) electrons. The van der Waals surface area contributed by atoms with E-state index in [0.29, 0.717) is 36.0 Å². The number of methoxy groups -OCH3 is 2. The van der Waals surface area contributed by atoms with Gasteiger partial charge in [-0.1, -0.05) is 30.3 Å². The summed E-state index contributed by atoms with van der Waals surface area (Å²) < 4.78 is 16.5. The van der Waals surface area contributed by atoms with Crippen molar-refractivity contribution in [3.8, 4) is 17.2 Å². The standard InChI is InChI=1S/C27H28N2O4/c1-4-33-25-13-12-18(15-26(25)32-3)22(23-17-28-24-11-6-5-10-21(23)24)16-29-27(30)19-8-7-9-20(14-19)31-2/h5-15,17,22,28H,4,16H2,1-3H3,(H,29,30)/t22-/m0/s1. The molecule has 33 heavy (non-hydrogen) atoms. The first-order valence-electron chi connectivity index (χ1n) is 10.9. The largest absolute Gasteiger partial charge is 0.497 e. The Kier molecular flexibility index (Phi) is 6.83. The number of para-hydroxylation sites is 1. The number of nitrogens with one attached hydrogen (secondary N) is 2. The van der Waals surface area contributed by atoms with Crippen LogP contribution >= 0.6 is 0 Å². The van der Waals surface area contributed by atoms with Crippen molar-refractivity contribution in [2.24, 2.45) is 0 Å². The highest BCUT2D eigenvalue weighted by Gasteiger charge is 2.21. The molecule has 4 aromatic rings. The minimum atomic E-state index is -0.156. The van der Waals surface area contributed by atoms with Gasteiger partial charge in [0.15, 0.2) is 11.5 Å². The number of aromatic amines is 1. The van der Waals surface area contributed by atoms with Crippen LogP contribution < -0.4 is 19.5 Å². The molecule has 1 aromatic heterocycles. The molecule has 0 bridgehead atoms. The van der Waals surface area contributed by atoms with Gasteiger partial charge in [-0.25, -0.2) is 0 Å². The lowest BCUT2D eigenvalue weighted by molar-refractivity contribution is 0.0952. The Morgan fingerprint density at radius 2 is 1.82 bits per heavy atom. The van der Waals surface area contributed by atoms with E-state index < -0.39 is 0 Å². The van der Waals surface area contributed by atoms with Crippen LogP contribution in [-0.2, 0) is 0 Å². The van der Waals surface area contributed by atoms with Crippen LogP contribution in [0, 0.1) is 0 Å². The lowest BCUT2D eigenvalue weighted by Gasteiger charge is -2.20. The summed E-state index contributed by atoms with van der Waals surface area (Å²) in [5.74, 6) is 1.75. The molecule has 2 N–H and O–H groups in total. The average Bonchev–Trinajstić information content (AvgIpc) is 3.29. The van der Waals surface area contributed by atoms with E-state index in [2.05, 4.69) is 16.4 Å². The van der Waals surface area contributed by atoms with Crippen molar-refractivity contribution in [1.82, 2.24) is 10.3 Å². The number of hydrogen-bond acceptors (Lipinski definition) is 4. The molecule has 0 unspecified atom stereocenters. The molecule has 0 aliphatic rings. The number of carbonyl (C=O) groups is 1. The second kappa shape index (κ2) is 10.1. The predicted octanol–water partition coefficient (Wildman–Crippen LogP) is 5.15. The molecule has 6 heteroatoms. The summed E-state index contributed by atoms with van der Waals surface area (Å²) in [5, 5.41) is 4.22. The Hall–Kier alpha value is -3.93. The third-order valence-corrected chi connectivity index (χ3v) is 5.69. The van der Waals surface area contributed by atoms with Crippen LogP contribution in [-0.4, -0.2) is 38.3 Å². The van der Waals surface area contributed by atoms with E-state index >= 15 is 0 Å². The van der Waals surface area contributed by atoms with Gasteiger partial charge in [-0.2, -0.15) is 0 Å². The van der Waals surface area contributed by atoms with Crippen LogP contribution in [0.2, 0.25) is 0 Å². The molecule has 170 valence electrons. The van der Waals surface area contributed by atoms with Crippen molar-refractivity contribution >= 4 is 16.8 Å². The summed E-state index contributed by atoms with van der Waals surface area (Å²) >= 11 is 0. The van der Waals surface area contributed by atoms with Gasteiger partial charge in [0.1, 0.15) is 5.75 Å². The molecule has 0 aliphatic heterocycles. The first-order valence-corrected chi connectivity index (χ1v) is 10.9. The Morgan fingerprint density at radius 1 is 0.970 bits per heavy atom. The molecular formula is C27H28N2O4. The van der Waals surface area contributed by atoms with Crippen molar-refractivity contribution < 1.29 is 19.0 Å². The van der Waals surface area contributed by atoms with Crippen molar-refractivity contribution in [3.05, 3.63) is 89.6 Å². The summed E-state index contributed by atoms with van der Waals surface area (Å²) in [7, 11) is 3.22. The van der Waals surface area contributed by atoms with Crippen LogP contribution in [0.3, 0.4) is 0 Å². The van der Waals surface area contributed by atoms with E-state index in [1.807, 2.05) is 61.7 Å². The SMILES string of the molecule is CCOc1ccc([C@H](CNC(=O)c2cccc(OC)c2)c2c[nH]c3ccccc23)cc1OC. The molecule has 0 saturated carbocycles. The zero-order chi connectivity index (χ0) is 23.2. The van der Waals surface area contributed by atoms with Crippen molar-refractivity contribution in [3.63, 3.8) is 0 Å². The van der Waals surface area contributed by atoms with Gasteiger partial charge in [0.25, 0.3) is 5.91 Å². The van der Waals surface area contributed by atoms with Crippen molar-refractivity contribution in [1.29, 1.82) is 0 Å². The third-order valence-electron chi connectivity index (χ3n) is 5.69. The highest BCUT2D eigenvalue weighted by Crippen LogP contribution is 2.36. The second-order valence-electron chi connectivity index (χ2n) is 7.63. The van der Waals surface area contributed by atoms with Crippen molar-refractivity contribution in [2.45, 2.75) is 12.8 Å². The maximum absolute atomic E-state index is 12.9. The van der Waals surface area contributed by atoms with Gasteiger partial charge in [0.2, 0.25) is 0 Å². The number of fused-ring (bicyclic) bond motifs is 1. The lowest BCUT2D eigenvalue weighted by Crippen LogP contribution is -2.29. The van der Waals surface area contributed by atoms with E-state index in [1.54, 1.807) is 26.4 Å². The predicted molar refractivity (Wildman–Crippen MR) is 130 cm³/mol. The molecule has 4 rings (SSSR count). The Morgan fingerprint density at radius 3 is 2.61 bits per heavy atom. The number of rotatable bonds is 9. The first kappa shape index (κ1) is 22.3. The summed E-state index contributed by atoms with van der Waals surface area (Å²) in [4.78, 5) is 16.3. The Labute approximate surface area is 193 Å². The normalized spacial score (nSPS) is 11.7. The van der Waals surface area contributed by atoms with Gasteiger partial charge in [0, 0.05) is 35.1 Å². The van der Waals surface area contributed by atoms with Crippen LogP contribution in [0.15, 0.2) is 72.9 Å². The van der Waals surface area contributed by atoms with Crippen LogP contribution in [0.5, 0.6) is 17.2 Å². The second-order valence-corrected chi connectivity index (χ2v) is 7.63. The number of benzene rings is 3. The van der Waals surface area contributed by atoms with Gasteiger partial charge in [0.05, 0.1) is 20.8 Å². The van der Waals surface area contributed by atoms with Crippen LogP contribution in [0.25, 0.3) is 10.9 Å². The number of aromatic nitrogens is 1. The van der Waals surface area contributed by atoms with Crippen LogP contribution in [0.4, 0.5) is 0 Å². The number of H-pyrrole nitrogens is 1.